The van der Waals surface area contributed by atoms with Crippen molar-refractivity contribution in [2.75, 3.05) is 13.9 Å². The number of hydrogen-bond acceptors (Lipinski definition) is 3. The molecule has 0 saturated heterocycles. The minimum absolute atomic E-state index is 0.00304. The summed E-state index contributed by atoms with van der Waals surface area (Å²) in [5.41, 5.74) is 1.97. The largest absolute Gasteiger partial charge is 0.467 e. The topological polar surface area (TPSA) is 38.7 Å². The summed E-state index contributed by atoms with van der Waals surface area (Å²) in [6.45, 7) is 2.26. The normalized spacial score (nSPS) is 10.2. The molecule has 0 bridgehead atoms. The standard InChI is InChI=1S/C11H16O3/c1-3-9-5-4-6-11(10(9)7-12)14-8-13-2/h4-6,12H,3,7-8H2,1-2H3. The van der Waals surface area contributed by atoms with Crippen LogP contribution in [0.2, 0.25) is 0 Å². The van der Waals surface area contributed by atoms with E-state index in [1.807, 2.05) is 18.2 Å². The van der Waals surface area contributed by atoms with E-state index in [-0.39, 0.29) is 13.4 Å². The summed E-state index contributed by atoms with van der Waals surface area (Å²) in [5, 5.41) is 9.21. The van der Waals surface area contributed by atoms with E-state index in [0.29, 0.717) is 5.75 Å². The van der Waals surface area contributed by atoms with Gasteiger partial charge < -0.3 is 14.6 Å². The lowest BCUT2D eigenvalue weighted by Gasteiger charge is -2.12. The van der Waals surface area contributed by atoms with E-state index in [2.05, 4.69) is 6.92 Å². The first-order valence-electron chi connectivity index (χ1n) is 4.66. The molecule has 1 aromatic carbocycles. The molecule has 78 valence electrons. The maximum Gasteiger partial charge on any atom is 0.188 e. The summed E-state index contributed by atoms with van der Waals surface area (Å²) < 4.78 is 10.2. The maximum atomic E-state index is 9.21. The number of hydrogen-bond donors (Lipinski definition) is 1. The van der Waals surface area contributed by atoms with Crippen molar-refractivity contribution in [1.82, 2.24) is 0 Å². The predicted molar refractivity (Wildman–Crippen MR) is 54.2 cm³/mol. The van der Waals surface area contributed by atoms with Crippen LogP contribution in [-0.4, -0.2) is 19.0 Å². The lowest BCUT2D eigenvalue weighted by Crippen LogP contribution is -2.03. The first-order chi connectivity index (χ1) is 6.83. The molecule has 0 aromatic heterocycles. The van der Waals surface area contributed by atoms with Crippen LogP contribution in [0.5, 0.6) is 5.75 Å². The summed E-state index contributed by atoms with van der Waals surface area (Å²) in [6, 6.07) is 5.75. The van der Waals surface area contributed by atoms with E-state index >= 15 is 0 Å². The molecular weight excluding hydrogens is 180 g/mol. The van der Waals surface area contributed by atoms with Gasteiger partial charge in [-0.05, 0) is 18.1 Å². The molecule has 0 aliphatic heterocycles. The predicted octanol–water partition coefficient (Wildman–Crippen LogP) is 1.72. The third-order valence-corrected chi connectivity index (χ3v) is 2.10. The highest BCUT2D eigenvalue weighted by Crippen LogP contribution is 2.22. The highest BCUT2D eigenvalue weighted by Gasteiger charge is 2.06. The summed E-state index contributed by atoms with van der Waals surface area (Å²) in [6.07, 6.45) is 0.889. The lowest BCUT2D eigenvalue weighted by atomic mass is 10.1. The number of benzene rings is 1. The Morgan fingerprint density at radius 1 is 1.36 bits per heavy atom. The fraction of sp³-hybridized carbons (Fsp3) is 0.455. The fourth-order valence-electron chi connectivity index (χ4n) is 1.38. The Bertz CT molecular complexity index is 284. The van der Waals surface area contributed by atoms with Gasteiger partial charge in [-0.2, -0.15) is 0 Å². The Hall–Kier alpha value is -1.06. The Labute approximate surface area is 84.3 Å². The van der Waals surface area contributed by atoms with E-state index in [0.717, 1.165) is 17.5 Å². The number of aryl methyl sites for hydroxylation is 1. The lowest BCUT2D eigenvalue weighted by molar-refractivity contribution is 0.0494. The molecule has 0 atom stereocenters. The average Bonchev–Trinajstić information content (AvgIpc) is 2.25. The van der Waals surface area contributed by atoms with Crippen LogP contribution in [0.4, 0.5) is 0 Å². The van der Waals surface area contributed by atoms with Gasteiger partial charge in [-0.15, -0.1) is 0 Å². The van der Waals surface area contributed by atoms with Crippen molar-refractivity contribution in [2.45, 2.75) is 20.0 Å². The van der Waals surface area contributed by atoms with Crippen molar-refractivity contribution in [3.63, 3.8) is 0 Å². The molecule has 0 aliphatic rings. The van der Waals surface area contributed by atoms with Crippen LogP contribution in [-0.2, 0) is 17.8 Å². The summed E-state index contributed by atoms with van der Waals surface area (Å²) >= 11 is 0. The van der Waals surface area contributed by atoms with Gasteiger partial charge in [0.1, 0.15) is 5.75 Å². The second-order valence-electron chi connectivity index (χ2n) is 2.96. The van der Waals surface area contributed by atoms with E-state index in [9.17, 15) is 5.11 Å². The van der Waals surface area contributed by atoms with E-state index in [4.69, 9.17) is 9.47 Å². The molecule has 0 aliphatic carbocycles. The molecule has 0 radical (unpaired) electrons. The highest BCUT2D eigenvalue weighted by atomic mass is 16.7. The summed E-state index contributed by atoms with van der Waals surface area (Å²) in [7, 11) is 1.57. The molecule has 0 unspecified atom stereocenters. The minimum Gasteiger partial charge on any atom is -0.467 e. The zero-order chi connectivity index (χ0) is 10.4. The molecule has 0 spiro atoms. The van der Waals surface area contributed by atoms with Crippen molar-refractivity contribution >= 4 is 0 Å². The van der Waals surface area contributed by atoms with Gasteiger partial charge in [-0.1, -0.05) is 19.1 Å². The maximum absolute atomic E-state index is 9.21. The first-order valence-corrected chi connectivity index (χ1v) is 4.66. The van der Waals surface area contributed by atoms with E-state index < -0.39 is 0 Å². The van der Waals surface area contributed by atoms with Crippen LogP contribution >= 0.6 is 0 Å². The van der Waals surface area contributed by atoms with Crippen molar-refractivity contribution in [3.05, 3.63) is 29.3 Å². The van der Waals surface area contributed by atoms with Crippen molar-refractivity contribution in [3.8, 4) is 5.75 Å². The molecule has 3 heteroatoms. The Balaban J connectivity index is 2.90. The Kier molecular flexibility index (Phi) is 4.43. The molecule has 0 amide bonds. The van der Waals surface area contributed by atoms with E-state index in [1.165, 1.54) is 0 Å². The third kappa shape index (κ3) is 2.47. The molecule has 0 heterocycles. The molecular formula is C11H16O3. The van der Waals surface area contributed by atoms with Crippen LogP contribution in [0.25, 0.3) is 0 Å². The quantitative estimate of drug-likeness (QED) is 0.729. The summed E-state index contributed by atoms with van der Waals surface area (Å²) in [5.74, 6) is 0.703. The van der Waals surface area contributed by atoms with Gasteiger partial charge in [0.2, 0.25) is 0 Å². The molecule has 1 aromatic rings. The van der Waals surface area contributed by atoms with Crippen LogP contribution < -0.4 is 4.74 Å². The highest BCUT2D eigenvalue weighted by molar-refractivity contribution is 5.39. The number of aliphatic hydroxyl groups is 1. The van der Waals surface area contributed by atoms with Crippen LogP contribution in [0, 0.1) is 0 Å². The minimum atomic E-state index is 0.00304. The van der Waals surface area contributed by atoms with Gasteiger partial charge in [-0.3, -0.25) is 0 Å². The molecule has 0 saturated carbocycles. The first kappa shape index (κ1) is 11.0. The molecule has 3 nitrogen and oxygen atoms in total. The van der Waals surface area contributed by atoms with Gasteiger partial charge in [-0.25, -0.2) is 0 Å². The molecule has 1 N–H and O–H groups in total. The van der Waals surface area contributed by atoms with Crippen molar-refractivity contribution in [1.29, 1.82) is 0 Å². The van der Waals surface area contributed by atoms with Crippen LogP contribution in [0.3, 0.4) is 0 Å². The van der Waals surface area contributed by atoms with Gasteiger partial charge in [0.25, 0.3) is 0 Å². The molecule has 0 fully saturated rings. The number of ether oxygens (including phenoxy) is 2. The monoisotopic (exact) mass is 196 g/mol. The van der Waals surface area contributed by atoms with Gasteiger partial charge >= 0.3 is 0 Å². The van der Waals surface area contributed by atoms with Gasteiger partial charge in [0.15, 0.2) is 6.79 Å². The second-order valence-corrected chi connectivity index (χ2v) is 2.96. The number of rotatable bonds is 5. The smallest absolute Gasteiger partial charge is 0.188 e. The SMILES string of the molecule is CCc1cccc(OCOC)c1CO. The number of methoxy groups -OCH3 is 1. The summed E-state index contributed by atoms with van der Waals surface area (Å²) in [4.78, 5) is 0. The van der Waals surface area contributed by atoms with Crippen LogP contribution in [0.1, 0.15) is 18.1 Å². The zero-order valence-electron chi connectivity index (χ0n) is 8.62. The Morgan fingerprint density at radius 3 is 2.71 bits per heavy atom. The van der Waals surface area contributed by atoms with Gasteiger partial charge in [0, 0.05) is 12.7 Å². The van der Waals surface area contributed by atoms with Crippen LogP contribution in [0.15, 0.2) is 18.2 Å². The number of aliphatic hydroxyl groups excluding tert-OH is 1. The fourth-order valence-corrected chi connectivity index (χ4v) is 1.38. The molecule has 14 heavy (non-hydrogen) atoms. The van der Waals surface area contributed by atoms with E-state index in [1.54, 1.807) is 7.11 Å². The second kappa shape index (κ2) is 5.62. The average molecular weight is 196 g/mol. The van der Waals surface area contributed by atoms with Gasteiger partial charge in [0.05, 0.1) is 6.61 Å². The van der Waals surface area contributed by atoms with Crippen molar-refractivity contribution in [2.24, 2.45) is 0 Å². The van der Waals surface area contributed by atoms with Crippen molar-refractivity contribution < 1.29 is 14.6 Å². The zero-order valence-corrected chi connectivity index (χ0v) is 8.62. The Morgan fingerprint density at radius 2 is 2.14 bits per heavy atom. The third-order valence-electron chi connectivity index (χ3n) is 2.10. The molecule has 1 rings (SSSR count).